The highest BCUT2D eigenvalue weighted by molar-refractivity contribution is 7.99. The normalized spacial score (nSPS) is 13.1. The largest absolute Gasteiger partial charge is 0.313 e. The first-order valence-corrected chi connectivity index (χ1v) is 6.49. The summed E-state index contributed by atoms with van der Waals surface area (Å²) >= 11 is 1.86. The van der Waals surface area contributed by atoms with Crippen molar-refractivity contribution in [2.24, 2.45) is 7.05 Å². The summed E-state index contributed by atoms with van der Waals surface area (Å²) in [6.07, 6.45) is 1.19. The maximum atomic E-state index is 4.33. The molecule has 3 nitrogen and oxygen atoms in total. The summed E-state index contributed by atoms with van der Waals surface area (Å²) in [5.74, 6) is 1.10. The topological polar surface area (TPSA) is 29.9 Å². The Bertz CT molecular complexity index is 296. The zero-order valence-corrected chi connectivity index (χ0v) is 10.9. The second-order valence-electron chi connectivity index (χ2n) is 3.91. The molecule has 0 bridgehead atoms. The number of nitrogens with one attached hydrogen (secondary N) is 1. The molecule has 86 valence electrons. The molecule has 1 N–H and O–H groups in total. The molecule has 1 aromatic rings. The second kappa shape index (κ2) is 6.18. The van der Waals surface area contributed by atoms with Gasteiger partial charge in [0.1, 0.15) is 0 Å². The Morgan fingerprint density at radius 3 is 2.87 bits per heavy atom. The molecular weight excluding hydrogens is 206 g/mol. The number of thioether (sulfide) groups is 1. The van der Waals surface area contributed by atoms with Crippen molar-refractivity contribution in [2.75, 3.05) is 12.3 Å². The van der Waals surface area contributed by atoms with Crippen LogP contribution in [-0.2, 0) is 7.05 Å². The zero-order chi connectivity index (χ0) is 11.3. The van der Waals surface area contributed by atoms with Crippen molar-refractivity contribution in [3.8, 4) is 0 Å². The number of aromatic nitrogens is 2. The van der Waals surface area contributed by atoms with E-state index in [0.717, 1.165) is 18.0 Å². The Balaban J connectivity index is 2.33. The molecule has 1 unspecified atom stereocenters. The van der Waals surface area contributed by atoms with E-state index >= 15 is 0 Å². The molecular formula is C11H21N3S. The highest BCUT2D eigenvalue weighted by atomic mass is 32.2. The van der Waals surface area contributed by atoms with Crippen molar-refractivity contribution in [2.45, 2.75) is 38.3 Å². The lowest BCUT2D eigenvalue weighted by atomic mass is 10.3. The van der Waals surface area contributed by atoms with Gasteiger partial charge in [0.15, 0.2) is 0 Å². The molecule has 0 aliphatic carbocycles. The molecule has 4 heteroatoms. The minimum Gasteiger partial charge on any atom is -0.313 e. The second-order valence-corrected chi connectivity index (χ2v) is 4.95. The number of nitrogens with zero attached hydrogens (tertiary/aromatic N) is 2. The lowest BCUT2D eigenvalue weighted by Crippen LogP contribution is -2.28. The molecule has 0 spiro atoms. The summed E-state index contributed by atoms with van der Waals surface area (Å²) in [5, 5.41) is 9.05. The van der Waals surface area contributed by atoms with E-state index in [1.54, 1.807) is 0 Å². The van der Waals surface area contributed by atoms with Gasteiger partial charge in [0.25, 0.3) is 0 Å². The average Bonchev–Trinajstić information content (AvgIpc) is 2.51. The van der Waals surface area contributed by atoms with Crippen LogP contribution in [0, 0.1) is 6.92 Å². The first-order chi connectivity index (χ1) is 7.13. The summed E-state index contributed by atoms with van der Waals surface area (Å²) in [7, 11) is 2.00. The van der Waals surface area contributed by atoms with E-state index in [2.05, 4.69) is 30.3 Å². The molecule has 1 aromatic heterocycles. The minimum absolute atomic E-state index is 0.560. The zero-order valence-electron chi connectivity index (χ0n) is 10.1. The van der Waals surface area contributed by atoms with Gasteiger partial charge >= 0.3 is 0 Å². The first kappa shape index (κ1) is 12.6. The van der Waals surface area contributed by atoms with E-state index in [0.29, 0.717) is 6.04 Å². The molecule has 0 fully saturated rings. The molecule has 0 aromatic carbocycles. The Morgan fingerprint density at radius 2 is 2.33 bits per heavy atom. The maximum absolute atomic E-state index is 4.33. The summed E-state index contributed by atoms with van der Waals surface area (Å²) in [5.41, 5.74) is 1.09. The number of aryl methyl sites for hydroxylation is 2. The summed E-state index contributed by atoms with van der Waals surface area (Å²) in [6.45, 7) is 7.55. The third-order valence-corrected chi connectivity index (χ3v) is 3.53. The molecule has 0 aliphatic rings. The highest BCUT2D eigenvalue weighted by Crippen LogP contribution is 2.18. The first-order valence-electron chi connectivity index (χ1n) is 5.50. The fourth-order valence-electron chi connectivity index (χ4n) is 1.38. The van der Waals surface area contributed by atoms with E-state index < -0.39 is 0 Å². The molecule has 0 saturated heterocycles. The highest BCUT2D eigenvalue weighted by Gasteiger charge is 2.05. The van der Waals surface area contributed by atoms with Crippen molar-refractivity contribution in [1.29, 1.82) is 0 Å². The van der Waals surface area contributed by atoms with Crippen LogP contribution in [0.15, 0.2) is 11.1 Å². The monoisotopic (exact) mass is 227 g/mol. The van der Waals surface area contributed by atoms with Crippen molar-refractivity contribution in [1.82, 2.24) is 15.1 Å². The molecule has 1 rings (SSSR count). The van der Waals surface area contributed by atoms with Crippen LogP contribution in [0.5, 0.6) is 0 Å². The van der Waals surface area contributed by atoms with Crippen LogP contribution in [0.1, 0.15) is 26.0 Å². The standard InChI is InChI=1S/C11H21N3S/c1-5-6-12-10(3)8-15-11-7-9(2)13-14(11)4/h7,10,12H,5-6,8H2,1-4H3. The predicted molar refractivity (Wildman–Crippen MR) is 66.4 cm³/mol. The number of rotatable bonds is 6. The van der Waals surface area contributed by atoms with Crippen molar-refractivity contribution >= 4 is 11.8 Å². The molecule has 0 radical (unpaired) electrons. The smallest absolute Gasteiger partial charge is 0.0939 e. The van der Waals surface area contributed by atoms with Gasteiger partial charge in [0.05, 0.1) is 10.7 Å². The van der Waals surface area contributed by atoms with Gasteiger partial charge in [-0.1, -0.05) is 6.92 Å². The summed E-state index contributed by atoms with van der Waals surface area (Å²) in [4.78, 5) is 0. The lowest BCUT2D eigenvalue weighted by molar-refractivity contribution is 0.589. The van der Waals surface area contributed by atoms with E-state index in [4.69, 9.17) is 0 Å². The van der Waals surface area contributed by atoms with Crippen LogP contribution in [0.25, 0.3) is 0 Å². The van der Waals surface area contributed by atoms with Gasteiger partial charge in [-0.05, 0) is 32.9 Å². The van der Waals surface area contributed by atoms with Gasteiger partial charge in [-0.3, -0.25) is 4.68 Å². The van der Waals surface area contributed by atoms with Gasteiger partial charge in [-0.25, -0.2) is 0 Å². The van der Waals surface area contributed by atoms with Gasteiger partial charge in [0, 0.05) is 18.8 Å². The minimum atomic E-state index is 0.560. The Labute approximate surface area is 96.6 Å². The maximum Gasteiger partial charge on any atom is 0.0939 e. The van der Waals surface area contributed by atoms with Gasteiger partial charge in [-0.15, -0.1) is 11.8 Å². The lowest BCUT2D eigenvalue weighted by Gasteiger charge is -2.12. The van der Waals surface area contributed by atoms with Crippen LogP contribution < -0.4 is 5.32 Å². The third kappa shape index (κ3) is 4.26. The van der Waals surface area contributed by atoms with E-state index in [1.807, 2.05) is 30.4 Å². The third-order valence-electron chi connectivity index (χ3n) is 2.18. The van der Waals surface area contributed by atoms with Crippen LogP contribution in [-0.4, -0.2) is 28.1 Å². The predicted octanol–water partition coefficient (Wildman–Crippen LogP) is 2.21. The fraction of sp³-hybridized carbons (Fsp3) is 0.727. The Kier molecular flexibility index (Phi) is 5.19. The number of hydrogen-bond acceptors (Lipinski definition) is 3. The molecule has 0 aliphatic heterocycles. The fourth-order valence-corrected chi connectivity index (χ4v) is 2.40. The number of hydrogen-bond donors (Lipinski definition) is 1. The molecule has 1 atom stereocenters. The molecule has 15 heavy (non-hydrogen) atoms. The SMILES string of the molecule is CCCNC(C)CSc1cc(C)nn1C. The van der Waals surface area contributed by atoms with E-state index in [9.17, 15) is 0 Å². The molecule has 1 heterocycles. The van der Waals surface area contributed by atoms with Crippen molar-refractivity contribution < 1.29 is 0 Å². The van der Waals surface area contributed by atoms with Crippen molar-refractivity contribution in [3.63, 3.8) is 0 Å². The van der Waals surface area contributed by atoms with Crippen molar-refractivity contribution in [3.05, 3.63) is 11.8 Å². The van der Waals surface area contributed by atoms with Crippen LogP contribution >= 0.6 is 11.8 Å². The molecule has 0 saturated carbocycles. The van der Waals surface area contributed by atoms with E-state index in [-0.39, 0.29) is 0 Å². The van der Waals surface area contributed by atoms with Crippen LogP contribution in [0.2, 0.25) is 0 Å². The quantitative estimate of drug-likeness (QED) is 0.756. The summed E-state index contributed by atoms with van der Waals surface area (Å²) < 4.78 is 1.95. The summed E-state index contributed by atoms with van der Waals surface area (Å²) in [6, 6.07) is 2.70. The molecule has 0 amide bonds. The van der Waals surface area contributed by atoms with Gasteiger partial charge in [0.2, 0.25) is 0 Å². The van der Waals surface area contributed by atoms with E-state index in [1.165, 1.54) is 11.4 Å². The Hall–Kier alpha value is -0.480. The Morgan fingerprint density at radius 1 is 1.60 bits per heavy atom. The van der Waals surface area contributed by atoms with Crippen LogP contribution in [0.3, 0.4) is 0 Å². The van der Waals surface area contributed by atoms with Crippen LogP contribution in [0.4, 0.5) is 0 Å². The van der Waals surface area contributed by atoms with Gasteiger partial charge in [-0.2, -0.15) is 5.10 Å². The van der Waals surface area contributed by atoms with Gasteiger partial charge < -0.3 is 5.32 Å². The average molecular weight is 227 g/mol.